The lowest BCUT2D eigenvalue weighted by atomic mass is 10.1. The van der Waals surface area contributed by atoms with Gasteiger partial charge < -0.3 is 25.8 Å². The van der Waals surface area contributed by atoms with Gasteiger partial charge in [-0.1, -0.05) is 42.5 Å². The van der Waals surface area contributed by atoms with Gasteiger partial charge in [-0.25, -0.2) is 4.79 Å². The van der Waals surface area contributed by atoms with Crippen LogP contribution < -0.4 is 11.4 Å². The Bertz CT molecular complexity index is 852. The van der Waals surface area contributed by atoms with Crippen molar-refractivity contribution >= 4 is 11.9 Å². The quantitative estimate of drug-likeness (QED) is 0.564. The maximum Gasteiger partial charge on any atom is 0.351 e. The number of allylic oxidation sites excluding steroid dienone is 1. The number of anilines is 1. The van der Waals surface area contributed by atoms with E-state index in [9.17, 15) is 20.1 Å². The lowest BCUT2D eigenvalue weighted by Crippen LogP contribution is -2.36. The van der Waals surface area contributed by atoms with E-state index >= 15 is 0 Å². The number of benzene rings is 1. The van der Waals surface area contributed by atoms with E-state index in [1.54, 1.807) is 6.08 Å². The van der Waals surface area contributed by atoms with Crippen LogP contribution in [0, 0.1) is 0 Å². The Morgan fingerprint density at radius 3 is 2.63 bits per heavy atom. The van der Waals surface area contributed by atoms with Crippen LogP contribution in [0.5, 0.6) is 0 Å². The topological polar surface area (TPSA) is 131 Å². The van der Waals surface area contributed by atoms with Crippen molar-refractivity contribution in [3.63, 3.8) is 0 Å². The molecule has 1 aliphatic rings. The number of aliphatic hydroxyl groups excluding tert-OH is 3. The Kier molecular flexibility index (Phi) is 6.02. The number of nitrogens with zero attached hydrogens (tertiary/aromatic N) is 2. The Labute approximate surface area is 156 Å². The van der Waals surface area contributed by atoms with Gasteiger partial charge in [-0.05, 0) is 18.4 Å². The molecule has 1 aliphatic heterocycles. The first-order valence-electron chi connectivity index (χ1n) is 8.73. The van der Waals surface area contributed by atoms with Gasteiger partial charge in [0.05, 0.1) is 6.61 Å². The van der Waals surface area contributed by atoms with Crippen LogP contribution in [0.1, 0.15) is 23.8 Å². The zero-order chi connectivity index (χ0) is 19.4. The van der Waals surface area contributed by atoms with E-state index < -0.39 is 36.8 Å². The number of ether oxygens (including phenoxy) is 1. The minimum absolute atomic E-state index is 0.0685. The summed E-state index contributed by atoms with van der Waals surface area (Å²) in [4.78, 5) is 15.9. The van der Waals surface area contributed by atoms with Crippen molar-refractivity contribution in [2.24, 2.45) is 0 Å². The number of aliphatic hydroxyl groups is 3. The third-order valence-corrected chi connectivity index (χ3v) is 4.54. The van der Waals surface area contributed by atoms with Crippen LogP contribution in [0.25, 0.3) is 6.08 Å². The van der Waals surface area contributed by atoms with Crippen molar-refractivity contribution in [1.82, 2.24) is 9.55 Å². The van der Waals surface area contributed by atoms with E-state index in [2.05, 4.69) is 4.98 Å². The molecule has 1 fully saturated rings. The van der Waals surface area contributed by atoms with Gasteiger partial charge in [-0.3, -0.25) is 4.57 Å². The zero-order valence-electron chi connectivity index (χ0n) is 14.7. The highest BCUT2D eigenvalue weighted by atomic mass is 16.6. The van der Waals surface area contributed by atoms with Crippen LogP contribution in [0.2, 0.25) is 0 Å². The van der Waals surface area contributed by atoms with Gasteiger partial charge >= 0.3 is 5.69 Å². The summed E-state index contributed by atoms with van der Waals surface area (Å²) in [6.07, 6.45) is 1.97. The molecule has 5 N–H and O–H groups in total. The maximum absolute atomic E-state index is 12.2. The molecule has 0 amide bonds. The van der Waals surface area contributed by atoms with E-state index in [0.29, 0.717) is 5.56 Å². The summed E-state index contributed by atoms with van der Waals surface area (Å²) < 4.78 is 6.47. The molecule has 0 saturated carbocycles. The summed E-state index contributed by atoms with van der Waals surface area (Å²) in [5.74, 6) is 0.0685. The summed E-state index contributed by atoms with van der Waals surface area (Å²) in [6.45, 7) is -0.474. The van der Waals surface area contributed by atoms with Crippen LogP contribution in [-0.2, 0) is 11.2 Å². The summed E-state index contributed by atoms with van der Waals surface area (Å²) in [6, 6.07) is 10.0. The minimum Gasteiger partial charge on any atom is -0.394 e. The highest BCUT2D eigenvalue weighted by molar-refractivity contribution is 5.59. The van der Waals surface area contributed by atoms with Gasteiger partial charge in [0.25, 0.3) is 0 Å². The standard InChI is InChI=1S/C19H23N3O5/c20-17-13(9-5-4-8-12-6-2-1-3-7-12)10-22(19(26)21-17)18-16(25)15(24)14(11-23)27-18/h1-3,5-7,9-10,14-16,18,23-25H,4,8,11H2,(H2,20,21,26)/t14-,15-,16-,18-/m1/s1. The SMILES string of the molecule is Nc1nc(=O)n([C@@H]2O[C@H](CO)[C@@H](O)[C@H]2O)cc1C=CCCc1ccccc1. The number of hydrogen-bond donors (Lipinski definition) is 4. The number of hydrogen-bond acceptors (Lipinski definition) is 7. The second-order valence-corrected chi connectivity index (χ2v) is 6.43. The number of nitrogen functional groups attached to an aromatic ring is 1. The summed E-state index contributed by atoms with van der Waals surface area (Å²) in [5.41, 5.74) is 6.84. The minimum atomic E-state index is -1.36. The largest absolute Gasteiger partial charge is 0.394 e. The molecule has 4 atom stereocenters. The number of aromatic nitrogens is 2. The van der Waals surface area contributed by atoms with Crippen LogP contribution in [0.15, 0.2) is 47.4 Å². The Morgan fingerprint density at radius 1 is 1.22 bits per heavy atom. The molecule has 3 rings (SSSR count). The number of nitrogens with two attached hydrogens (primary N) is 1. The lowest BCUT2D eigenvalue weighted by molar-refractivity contribution is -0.0549. The Hall–Kier alpha value is -2.52. The summed E-state index contributed by atoms with van der Waals surface area (Å²) >= 11 is 0. The molecule has 1 saturated heterocycles. The molecule has 0 radical (unpaired) electrons. The predicted octanol–water partition coefficient (Wildman–Crippen LogP) is 0.0830. The summed E-state index contributed by atoms with van der Waals surface area (Å²) in [7, 11) is 0. The lowest BCUT2D eigenvalue weighted by Gasteiger charge is -2.18. The van der Waals surface area contributed by atoms with Crippen molar-refractivity contribution in [3.8, 4) is 0 Å². The molecule has 8 heteroatoms. The van der Waals surface area contributed by atoms with E-state index in [1.807, 2.05) is 36.4 Å². The van der Waals surface area contributed by atoms with Crippen molar-refractivity contribution < 1.29 is 20.1 Å². The Balaban J connectivity index is 1.76. The fraction of sp³-hybridized carbons (Fsp3) is 0.368. The molecule has 2 aromatic rings. The molecule has 0 aliphatic carbocycles. The zero-order valence-corrected chi connectivity index (χ0v) is 14.7. The first-order valence-corrected chi connectivity index (χ1v) is 8.73. The third kappa shape index (κ3) is 4.25. The molecule has 0 spiro atoms. The van der Waals surface area contributed by atoms with Gasteiger partial charge in [-0.15, -0.1) is 0 Å². The first kappa shape index (κ1) is 19.2. The smallest absolute Gasteiger partial charge is 0.351 e. The molecule has 27 heavy (non-hydrogen) atoms. The van der Waals surface area contributed by atoms with Crippen molar-refractivity contribution in [1.29, 1.82) is 0 Å². The number of aryl methyl sites for hydroxylation is 1. The average molecular weight is 373 g/mol. The fourth-order valence-corrected chi connectivity index (χ4v) is 3.02. The first-order chi connectivity index (χ1) is 13.0. The van der Waals surface area contributed by atoms with E-state index in [4.69, 9.17) is 10.5 Å². The maximum atomic E-state index is 12.2. The normalized spacial score (nSPS) is 25.3. The van der Waals surface area contributed by atoms with Gasteiger partial charge in [0, 0.05) is 11.8 Å². The second-order valence-electron chi connectivity index (χ2n) is 6.43. The molecule has 0 bridgehead atoms. The second kappa shape index (κ2) is 8.45. The molecule has 144 valence electrons. The molecular weight excluding hydrogens is 350 g/mol. The van der Waals surface area contributed by atoms with E-state index in [1.165, 1.54) is 11.8 Å². The van der Waals surface area contributed by atoms with Crippen LogP contribution in [0.3, 0.4) is 0 Å². The fourth-order valence-electron chi connectivity index (χ4n) is 3.02. The predicted molar refractivity (Wildman–Crippen MR) is 99.7 cm³/mol. The Morgan fingerprint density at radius 2 is 1.96 bits per heavy atom. The molecule has 0 unspecified atom stereocenters. The summed E-state index contributed by atoms with van der Waals surface area (Å²) in [5, 5.41) is 29.2. The molecule has 8 nitrogen and oxygen atoms in total. The van der Waals surface area contributed by atoms with Crippen molar-refractivity contribution in [3.05, 3.63) is 64.2 Å². The molecule has 1 aromatic carbocycles. The highest BCUT2D eigenvalue weighted by Crippen LogP contribution is 2.28. The van der Waals surface area contributed by atoms with E-state index in [0.717, 1.165) is 17.4 Å². The third-order valence-electron chi connectivity index (χ3n) is 4.54. The van der Waals surface area contributed by atoms with Gasteiger partial charge in [0.15, 0.2) is 6.23 Å². The van der Waals surface area contributed by atoms with Crippen molar-refractivity contribution in [2.45, 2.75) is 37.4 Å². The van der Waals surface area contributed by atoms with Gasteiger partial charge in [-0.2, -0.15) is 4.98 Å². The van der Waals surface area contributed by atoms with E-state index in [-0.39, 0.29) is 5.82 Å². The van der Waals surface area contributed by atoms with Gasteiger partial charge in [0.2, 0.25) is 0 Å². The van der Waals surface area contributed by atoms with Crippen LogP contribution in [0.4, 0.5) is 5.82 Å². The van der Waals surface area contributed by atoms with Crippen molar-refractivity contribution in [2.75, 3.05) is 12.3 Å². The molecule has 1 aromatic heterocycles. The molecular formula is C19H23N3O5. The highest BCUT2D eigenvalue weighted by Gasteiger charge is 2.43. The average Bonchev–Trinajstić information content (AvgIpc) is 2.95. The van der Waals surface area contributed by atoms with Crippen LogP contribution in [-0.4, -0.2) is 49.8 Å². The van der Waals surface area contributed by atoms with Crippen LogP contribution >= 0.6 is 0 Å². The number of rotatable bonds is 6. The monoisotopic (exact) mass is 373 g/mol. The van der Waals surface area contributed by atoms with Gasteiger partial charge in [0.1, 0.15) is 24.1 Å². The molecule has 2 heterocycles.